The van der Waals surface area contributed by atoms with Crippen molar-refractivity contribution in [1.29, 1.82) is 0 Å². The lowest BCUT2D eigenvalue weighted by Gasteiger charge is -2.06. The van der Waals surface area contributed by atoms with Gasteiger partial charge in [0.05, 0.1) is 11.8 Å². The predicted molar refractivity (Wildman–Crippen MR) is 41.1 cm³/mol. The normalized spacial score (nSPS) is 12.4. The van der Waals surface area contributed by atoms with E-state index in [1.54, 1.807) is 0 Å². The molecule has 0 heterocycles. The molecular formula is C3H5Cl3O3S. The molecule has 0 unspecified atom stereocenters. The minimum atomic E-state index is -3.94. The van der Waals surface area contributed by atoms with E-state index in [1.165, 1.54) is 0 Å². The third-order valence-corrected chi connectivity index (χ3v) is 2.00. The fraction of sp³-hybridized carbons (Fsp3) is 1.00. The van der Waals surface area contributed by atoms with Crippen molar-refractivity contribution in [1.82, 2.24) is 0 Å². The Balaban J connectivity index is 3.87. The Morgan fingerprint density at radius 3 is 1.80 bits per heavy atom. The van der Waals surface area contributed by atoms with Gasteiger partial charge in [-0.25, -0.2) is 0 Å². The second-order valence-corrected chi connectivity index (χ2v) is 4.15. The molecule has 0 amide bonds. The summed E-state index contributed by atoms with van der Waals surface area (Å²) in [7, 11) is 0.774. The summed E-state index contributed by atoms with van der Waals surface area (Å²) in [4.78, 5) is 0. The van der Waals surface area contributed by atoms with E-state index >= 15 is 0 Å². The summed E-state index contributed by atoms with van der Waals surface area (Å²) >= 11 is 10.5. The summed E-state index contributed by atoms with van der Waals surface area (Å²) in [5.74, 6) is -0.00903. The van der Waals surface area contributed by atoms with Gasteiger partial charge in [0.1, 0.15) is 6.10 Å². The maximum absolute atomic E-state index is 10.2. The van der Waals surface area contributed by atoms with Gasteiger partial charge in [0.25, 0.3) is 0 Å². The van der Waals surface area contributed by atoms with Crippen LogP contribution in [0, 0.1) is 0 Å². The van der Waals surface area contributed by atoms with E-state index in [0.29, 0.717) is 0 Å². The Labute approximate surface area is 73.8 Å². The molecule has 7 heteroatoms. The van der Waals surface area contributed by atoms with Gasteiger partial charge in [-0.05, 0) is 0 Å². The molecule has 62 valence electrons. The van der Waals surface area contributed by atoms with Gasteiger partial charge in [-0.3, -0.25) is 4.18 Å². The summed E-state index contributed by atoms with van der Waals surface area (Å²) in [6.07, 6.45) is -0.745. The SMILES string of the molecule is O=S(=O)(Cl)OC(CCl)CCl. The smallest absolute Gasteiger partial charge is 0.252 e. The summed E-state index contributed by atoms with van der Waals surface area (Å²) in [6.45, 7) is 0. The third-order valence-electron chi connectivity index (χ3n) is 0.595. The van der Waals surface area contributed by atoms with Crippen molar-refractivity contribution in [2.45, 2.75) is 6.10 Å². The molecule has 0 fully saturated rings. The number of alkyl halides is 2. The molecule has 0 atom stereocenters. The number of hydrogen-bond acceptors (Lipinski definition) is 3. The van der Waals surface area contributed by atoms with Gasteiger partial charge >= 0.3 is 9.33 Å². The first-order chi connectivity index (χ1) is 4.49. The molecule has 0 spiro atoms. The van der Waals surface area contributed by atoms with Crippen LogP contribution in [0.15, 0.2) is 0 Å². The Bertz CT molecular complexity index is 173. The van der Waals surface area contributed by atoms with E-state index in [1.807, 2.05) is 0 Å². The van der Waals surface area contributed by atoms with Crippen LogP contribution >= 0.6 is 33.9 Å². The van der Waals surface area contributed by atoms with Gasteiger partial charge in [0, 0.05) is 10.7 Å². The van der Waals surface area contributed by atoms with Crippen LogP contribution in [0.4, 0.5) is 0 Å². The molecule has 0 aliphatic rings. The highest BCUT2D eigenvalue weighted by Gasteiger charge is 2.14. The highest BCUT2D eigenvalue weighted by atomic mass is 35.7. The Morgan fingerprint density at radius 1 is 1.30 bits per heavy atom. The van der Waals surface area contributed by atoms with Crippen molar-refractivity contribution in [3.63, 3.8) is 0 Å². The van der Waals surface area contributed by atoms with E-state index in [2.05, 4.69) is 4.18 Å². The van der Waals surface area contributed by atoms with Crippen LogP contribution in [-0.4, -0.2) is 26.3 Å². The van der Waals surface area contributed by atoms with Crippen molar-refractivity contribution in [3.05, 3.63) is 0 Å². The highest BCUT2D eigenvalue weighted by molar-refractivity contribution is 8.10. The first-order valence-electron chi connectivity index (χ1n) is 2.24. The summed E-state index contributed by atoms with van der Waals surface area (Å²) in [5, 5.41) is 0. The quantitative estimate of drug-likeness (QED) is 0.538. The molecule has 0 radical (unpaired) electrons. The lowest BCUT2D eigenvalue weighted by Crippen LogP contribution is -2.18. The molecule has 0 aliphatic carbocycles. The van der Waals surface area contributed by atoms with Crippen LogP contribution in [0.1, 0.15) is 0 Å². The van der Waals surface area contributed by atoms with Crippen molar-refractivity contribution in [3.8, 4) is 0 Å². The molecule has 0 N–H and O–H groups in total. The molecule has 3 nitrogen and oxygen atoms in total. The molecule has 0 bridgehead atoms. The minimum Gasteiger partial charge on any atom is -0.252 e. The summed E-state index contributed by atoms with van der Waals surface area (Å²) in [5.41, 5.74) is 0. The lowest BCUT2D eigenvalue weighted by molar-refractivity contribution is 0.263. The zero-order valence-corrected chi connectivity index (χ0v) is 7.84. The number of halogens is 3. The largest absolute Gasteiger partial charge is 0.355 e. The molecule has 0 rings (SSSR count). The Morgan fingerprint density at radius 2 is 1.70 bits per heavy atom. The van der Waals surface area contributed by atoms with Crippen molar-refractivity contribution in [2.75, 3.05) is 11.8 Å². The lowest BCUT2D eigenvalue weighted by atomic mass is 10.5. The second-order valence-electron chi connectivity index (χ2n) is 1.42. The third kappa shape index (κ3) is 5.56. The van der Waals surface area contributed by atoms with Gasteiger partial charge in [-0.15, -0.1) is 23.2 Å². The van der Waals surface area contributed by atoms with Crippen LogP contribution in [0.5, 0.6) is 0 Å². The van der Waals surface area contributed by atoms with Gasteiger partial charge < -0.3 is 0 Å². The topological polar surface area (TPSA) is 43.4 Å². The molecular weight excluding hydrogens is 222 g/mol. The van der Waals surface area contributed by atoms with Gasteiger partial charge in [0.15, 0.2) is 0 Å². The molecule has 0 aromatic heterocycles. The number of hydrogen-bond donors (Lipinski definition) is 0. The minimum absolute atomic E-state index is 0.00451. The van der Waals surface area contributed by atoms with Crippen molar-refractivity contribution in [2.24, 2.45) is 0 Å². The highest BCUT2D eigenvalue weighted by Crippen LogP contribution is 2.07. The zero-order chi connectivity index (χ0) is 8.20. The van der Waals surface area contributed by atoms with Crippen molar-refractivity contribution < 1.29 is 12.6 Å². The first kappa shape index (κ1) is 10.8. The summed E-state index contributed by atoms with van der Waals surface area (Å²) < 4.78 is 24.6. The number of rotatable bonds is 4. The molecule has 0 aromatic carbocycles. The van der Waals surface area contributed by atoms with Crippen LogP contribution in [0.3, 0.4) is 0 Å². The van der Waals surface area contributed by atoms with Gasteiger partial charge in [-0.1, -0.05) is 0 Å². The standard InChI is InChI=1S/C3H5Cl3O3S/c4-1-3(2-5)9-10(6,7)8/h3H,1-2H2. The van der Waals surface area contributed by atoms with Crippen molar-refractivity contribution >= 4 is 43.2 Å². The van der Waals surface area contributed by atoms with E-state index in [9.17, 15) is 8.42 Å². The van der Waals surface area contributed by atoms with Crippen LogP contribution in [0.2, 0.25) is 0 Å². The maximum Gasteiger partial charge on any atom is 0.355 e. The average Bonchev–Trinajstić information content (AvgIpc) is 1.81. The fourth-order valence-electron chi connectivity index (χ4n) is 0.255. The maximum atomic E-state index is 10.2. The van der Waals surface area contributed by atoms with Crippen LogP contribution in [0.25, 0.3) is 0 Å². The summed E-state index contributed by atoms with van der Waals surface area (Å²) in [6, 6.07) is 0. The van der Waals surface area contributed by atoms with Gasteiger partial charge in [0.2, 0.25) is 0 Å². The molecule has 10 heavy (non-hydrogen) atoms. The van der Waals surface area contributed by atoms with Gasteiger partial charge in [-0.2, -0.15) is 8.42 Å². The van der Waals surface area contributed by atoms with E-state index < -0.39 is 15.4 Å². The first-order valence-corrected chi connectivity index (χ1v) is 5.54. The second kappa shape index (κ2) is 4.62. The van der Waals surface area contributed by atoms with E-state index in [4.69, 9.17) is 33.9 Å². The van der Waals surface area contributed by atoms with Crippen LogP contribution < -0.4 is 0 Å². The Hall–Kier alpha value is 0.780. The average molecular weight is 227 g/mol. The predicted octanol–water partition coefficient (Wildman–Crippen LogP) is 1.33. The monoisotopic (exact) mass is 226 g/mol. The Kier molecular flexibility index (Phi) is 4.98. The van der Waals surface area contributed by atoms with Crippen LogP contribution in [-0.2, 0) is 13.5 Å². The molecule has 0 saturated carbocycles. The fourth-order valence-corrected chi connectivity index (χ4v) is 1.63. The zero-order valence-electron chi connectivity index (χ0n) is 4.76. The molecule has 0 aliphatic heterocycles. The molecule has 0 saturated heterocycles. The molecule has 0 aromatic rings. The van der Waals surface area contributed by atoms with E-state index in [0.717, 1.165) is 0 Å². The van der Waals surface area contributed by atoms with E-state index in [-0.39, 0.29) is 11.8 Å².